The second-order valence-corrected chi connectivity index (χ2v) is 7.93. The van der Waals surface area contributed by atoms with Crippen molar-refractivity contribution in [3.05, 3.63) is 107 Å². The van der Waals surface area contributed by atoms with Gasteiger partial charge in [-0.25, -0.2) is 10.2 Å². The fourth-order valence-electron chi connectivity index (χ4n) is 3.23. The summed E-state index contributed by atoms with van der Waals surface area (Å²) in [5.41, 5.74) is 4.49. The van der Waals surface area contributed by atoms with Crippen LogP contribution in [0.25, 0.3) is 10.8 Å². The Morgan fingerprint density at radius 3 is 2.44 bits per heavy atom. The highest BCUT2D eigenvalue weighted by atomic mass is 35.5. The number of amides is 1. The first-order valence-corrected chi connectivity index (χ1v) is 10.9. The molecule has 7 heteroatoms. The maximum absolute atomic E-state index is 12.7. The molecule has 0 fully saturated rings. The second kappa shape index (κ2) is 10.6. The molecule has 6 nitrogen and oxygen atoms in total. The van der Waals surface area contributed by atoms with Crippen LogP contribution in [0, 0.1) is 6.92 Å². The van der Waals surface area contributed by atoms with Crippen molar-refractivity contribution >= 4 is 40.5 Å². The third-order valence-corrected chi connectivity index (χ3v) is 5.24. The maximum atomic E-state index is 12.7. The molecule has 1 amide bonds. The third kappa shape index (κ3) is 5.79. The van der Waals surface area contributed by atoms with E-state index in [0.717, 1.165) is 16.3 Å². The fraction of sp³-hybridized carbons (Fsp3) is 0.0741. The minimum atomic E-state index is -0.481. The summed E-state index contributed by atoms with van der Waals surface area (Å²) in [6.07, 6.45) is 1.46. The summed E-state index contributed by atoms with van der Waals surface area (Å²) < 4.78 is 11.1. The average molecular weight is 473 g/mol. The monoisotopic (exact) mass is 472 g/mol. The quantitative estimate of drug-likeness (QED) is 0.165. The van der Waals surface area contributed by atoms with E-state index in [9.17, 15) is 9.59 Å². The molecule has 0 aliphatic carbocycles. The molecule has 170 valence electrons. The Hall–Kier alpha value is -4.16. The van der Waals surface area contributed by atoms with Crippen molar-refractivity contribution in [1.29, 1.82) is 0 Å². The molecule has 0 aromatic heterocycles. The molecule has 4 aromatic carbocycles. The van der Waals surface area contributed by atoms with E-state index in [4.69, 9.17) is 21.1 Å². The predicted octanol–water partition coefficient (Wildman–Crippen LogP) is 5.55. The van der Waals surface area contributed by atoms with Gasteiger partial charge < -0.3 is 9.47 Å². The molecule has 0 atom stereocenters. The molecule has 0 bridgehead atoms. The molecule has 0 aliphatic heterocycles. The summed E-state index contributed by atoms with van der Waals surface area (Å²) in [6.45, 7) is 1.73. The van der Waals surface area contributed by atoms with Crippen LogP contribution in [0.3, 0.4) is 0 Å². The van der Waals surface area contributed by atoms with E-state index < -0.39 is 11.9 Å². The molecule has 34 heavy (non-hydrogen) atoms. The standard InChI is InChI=1S/C27H21ClN2O4/c1-18-6-8-20(9-7-18)27(32)34-25-15-10-19-4-2-3-5-23(19)24(25)16-29-30-26(31)17-33-22-13-11-21(28)12-14-22/h2-16H,17H2,1H3,(H,30,31). The Balaban J connectivity index is 1.50. The van der Waals surface area contributed by atoms with Gasteiger partial charge in [0, 0.05) is 10.6 Å². The Morgan fingerprint density at radius 1 is 0.941 bits per heavy atom. The zero-order chi connectivity index (χ0) is 23.9. The van der Waals surface area contributed by atoms with E-state index in [2.05, 4.69) is 10.5 Å². The minimum absolute atomic E-state index is 0.218. The number of nitrogens with one attached hydrogen (secondary N) is 1. The summed E-state index contributed by atoms with van der Waals surface area (Å²) in [7, 11) is 0. The Kier molecular flexibility index (Phi) is 7.20. The molecule has 0 saturated heterocycles. The lowest BCUT2D eigenvalue weighted by molar-refractivity contribution is -0.123. The lowest BCUT2D eigenvalue weighted by Crippen LogP contribution is -2.24. The number of carbonyl (C=O) groups excluding carboxylic acids is 2. The zero-order valence-electron chi connectivity index (χ0n) is 18.3. The van der Waals surface area contributed by atoms with Crippen molar-refractivity contribution < 1.29 is 19.1 Å². The minimum Gasteiger partial charge on any atom is -0.484 e. The summed E-state index contributed by atoms with van der Waals surface area (Å²) in [5, 5.41) is 6.40. The molecule has 0 aliphatic rings. The lowest BCUT2D eigenvalue weighted by atomic mass is 10.0. The van der Waals surface area contributed by atoms with Gasteiger partial charge in [0.1, 0.15) is 11.5 Å². The molecule has 0 heterocycles. The Bertz CT molecular complexity index is 1350. The van der Waals surface area contributed by atoms with E-state index in [1.807, 2.05) is 49.4 Å². The number of hydrogen-bond donors (Lipinski definition) is 1. The summed E-state index contributed by atoms with van der Waals surface area (Å²) in [6, 6.07) is 25.0. The highest BCUT2D eigenvalue weighted by Crippen LogP contribution is 2.27. The number of benzene rings is 4. The number of ether oxygens (including phenoxy) is 2. The normalized spacial score (nSPS) is 10.9. The molecular weight excluding hydrogens is 452 g/mol. The van der Waals surface area contributed by atoms with Crippen LogP contribution in [0.1, 0.15) is 21.5 Å². The van der Waals surface area contributed by atoms with Gasteiger partial charge in [-0.05, 0) is 60.2 Å². The topological polar surface area (TPSA) is 77.0 Å². The predicted molar refractivity (Wildman–Crippen MR) is 133 cm³/mol. The van der Waals surface area contributed by atoms with Gasteiger partial charge in [-0.2, -0.15) is 5.10 Å². The van der Waals surface area contributed by atoms with E-state index in [0.29, 0.717) is 27.6 Å². The van der Waals surface area contributed by atoms with Crippen LogP contribution < -0.4 is 14.9 Å². The number of rotatable bonds is 7. The largest absolute Gasteiger partial charge is 0.484 e. The first-order chi connectivity index (χ1) is 16.5. The van der Waals surface area contributed by atoms with Crippen LogP contribution in [0.5, 0.6) is 11.5 Å². The van der Waals surface area contributed by atoms with Crippen molar-refractivity contribution in [3.63, 3.8) is 0 Å². The van der Waals surface area contributed by atoms with Crippen LogP contribution in [0.15, 0.2) is 90.0 Å². The molecule has 4 aromatic rings. The Labute approximate surface area is 201 Å². The molecule has 4 rings (SSSR count). The summed E-state index contributed by atoms with van der Waals surface area (Å²) in [5.74, 6) is -0.0717. The average Bonchev–Trinajstić information content (AvgIpc) is 2.85. The van der Waals surface area contributed by atoms with E-state index >= 15 is 0 Å². The van der Waals surface area contributed by atoms with Crippen LogP contribution in [-0.4, -0.2) is 24.7 Å². The van der Waals surface area contributed by atoms with Gasteiger partial charge >= 0.3 is 5.97 Å². The van der Waals surface area contributed by atoms with Gasteiger partial charge in [0.25, 0.3) is 5.91 Å². The highest BCUT2D eigenvalue weighted by molar-refractivity contribution is 6.30. The zero-order valence-corrected chi connectivity index (χ0v) is 19.1. The van der Waals surface area contributed by atoms with Crippen molar-refractivity contribution in [2.24, 2.45) is 5.10 Å². The summed E-state index contributed by atoms with van der Waals surface area (Å²) >= 11 is 5.84. The van der Waals surface area contributed by atoms with Gasteiger partial charge in [-0.1, -0.05) is 59.6 Å². The second-order valence-electron chi connectivity index (χ2n) is 7.49. The van der Waals surface area contributed by atoms with Crippen LogP contribution in [-0.2, 0) is 4.79 Å². The number of nitrogens with zero attached hydrogens (tertiary/aromatic N) is 1. The van der Waals surface area contributed by atoms with Gasteiger partial charge in [-0.15, -0.1) is 0 Å². The number of esters is 1. The first kappa shape index (κ1) is 23.0. The molecule has 0 spiro atoms. The number of hydrazone groups is 1. The van der Waals surface area contributed by atoms with Crippen molar-refractivity contribution in [2.75, 3.05) is 6.61 Å². The number of aryl methyl sites for hydroxylation is 1. The van der Waals surface area contributed by atoms with Crippen LogP contribution in [0.4, 0.5) is 0 Å². The van der Waals surface area contributed by atoms with Crippen LogP contribution in [0.2, 0.25) is 5.02 Å². The van der Waals surface area contributed by atoms with E-state index in [1.165, 1.54) is 6.21 Å². The smallest absolute Gasteiger partial charge is 0.343 e. The van der Waals surface area contributed by atoms with Gasteiger partial charge in [0.05, 0.1) is 11.8 Å². The van der Waals surface area contributed by atoms with Gasteiger partial charge in [0.2, 0.25) is 0 Å². The Morgan fingerprint density at radius 2 is 1.68 bits per heavy atom. The van der Waals surface area contributed by atoms with Gasteiger partial charge in [-0.3, -0.25) is 4.79 Å². The van der Waals surface area contributed by atoms with Crippen LogP contribution >= 0.6 is 11.6 Å². The third-order valence-electron chi connectivity index (χ3n) is 4.99. The number of hydrogen-bond acceptors (Lipinski definition) is 5. The molecule has 0 saturated carbocycles. The fourth-order valence-corrected chi connectivity index (χ4v) is 3.35. The molecule has 0 unspecified atom stereocenters. The lowest BCUT2D eigenvalue weighted by Gasteiger charge is -2.11. The summed E-state index contributed by atoms with van der Waals surface area (Å²) in [4.78, 5) is 24.8. The van der Waals surface area contributed by atoms with E-state index in [1.54, 1.807) is 42.5 Å². The maximum Gasteiger partial charge on any atom is 0.343 e. The van der Waals surface area contributed by atoms with Gasteiger partial charge in [0.15, 0.2) is 6.61 Å². The number of fused-ring (bicyclic) bond motifs is 1. The molecular formula is C27H21ClN2O4. The van der Waals surface area contributed by atoms with Crippen molar-refractivity contribution in [1.82, 2.24) is 5.43 Å². The molecule has 1 N–H and O–H groups in total. The SMILES string of the molecule is Cc1ccc(C(=O)Oc2ccc3ccccc3c2C=NNC(=O)COc2ccc(Cl)cc2)cc1. The van der Waals surface area contributed by atoms with Crippen molar-refractivity contribution in [3.8, 4) is 11.5 Å². The van der Waals surface area contributed by atoms with E-state index in [-0.39, 0.29) is 6.61 Å². The van der Waals surface area contributed by atoms with Crippen molar-refractivity contribution in [2.45, 2.75) is 6.92 Å². The first-order valence-electron chi connectivity index (χ1n) is 10.5. The molecule has 0 radical (unpaired) electrons. The highest BCUT2D eigenvalue weighted by Gasteiger charge is 2.13. The number of carbonyl (C=O) groups is 2. The number of halogens is 1.